The summed E-state index contributed by atoms with van der Waals surface area (Å²) in [5.74, 6) is 1.94. The van der Waals surface area contributed by atoms with Gasteiger partial charge in [0.05, 0.1) is 32.2 Å². The fraction of sp³-hybridized carbons (Fsp3) is 0.304. The van der Waals surface area contributed by atoms with Crippen LogP contribution in [-0.2, 0) is 4.74 Å². The number of ether oxygens (including phenoxy) is 2. The van der Waals surface area contributed by atoms with Crippen molar-refractivity contribution in [3.63, 3.8) is 0 Å². The fourth-order valence-corrected chi connectivity index (χ4v) is 3.43. The van der Waals surface area contributed by atoms with Gasteiger partial charge in [-0.2, -0.15) is 5.26 Å². The molecule has 3 aromatic rings. The van der Waals surface area contributed by atoms with E-state index >= 15 is 0 Å². The Bertz CT molecular complexity index is 1060. The summed E-state index contributed by atoms with van der Waals surface area (Å²) in [5, 5.41) is 18.9. The second-order valence-corrected chi connectivity index (χ2v) is 7.28. The zero-order valence-electron chi connectivity index (χ0n) is 17.8. The minimum absolute atomic E-state index is 0.203. The summed E-state index contributed by atoms with van der Waals surface area (Å²) >= 11 is 0. The maximum Gasteiger partial charge on any atom is 0.158 e. The lowest BCUT2D eigenvalue weighted by Gasteiger charge is -2.24. The standard InChI is InChI=1S/C23H25N7O2/c1-31-18-4-2-16(3-5-18)20-14-29-22(30-23-15-27-17(11-24)12-28-23)10-21(20)26-7-6-19-13-25-8-9-32-19/h2-5,10,12,14-15,19,25H,6-9,13H2,1H3,(H2,26,28,29,30)/t19-/m0/s1. The van der Waals surface area contributed by atoms with Crippen LogP contribution in [0.1, 0.15) is 12.1 Å². The SMILES string of the molecule is COc1ccc(-c2cnc(Nc3cnc(C#N)cn3)cc2NCC[C@H]2CNCCO2)cc1. The molecule has 32 heavy (non-hydrogen) atoms. The third-order valence-corrected chi connectivity index (χ3v) is 5.11. The summed E-state index contributed by atoms with van der Waals surface area (Å²) in [6.45, 7) is 3.28. The Labute approximate surface area is 186 Å². The molecule has 0 saturated carbocycles. The number of nitriles is 1. The van der Waals surface area contributed by atoms with Gasteiger partial charge in [0.25, 0.3) is 0 Å². The lowest BCUT2D eigenvalue weighted by atomic mass is 10.1. The molecular weight excluding hydrogens is 406 g/mol. The molecule has 1 aromatic carbocycles. The number of anilines is 3. The van der Waals surface area contributed by atoms with Gasteiger partial charge in [-0.25, -0.2) is 15.0 Å². The molecule has 1 aliphatic rings. The average Bonchev–Trinajstić information content (AvgIpc) is 2.85. The normalized spacial score (nSPS) is 15.6. The van der Waals surface area contributed by atoms with E-state index in [0.29, 0.717) is 11.6 Å². The number of hydrogen-bond acceptors (Lipinski definition) is 9. The van der Waals surface area contributed by atoms with E-state index in [4.69, 9.17) is 14.7 Å². The molecule has 2 aromatic heterocycles. The van der Waals surface area contributed by atoms with Gasteiger partial charge >= 0.3 is 0 Å². The largest absolute Gasteiger partial charge is 0.497 e. The number of morpholine rings is 1. The number of methoxy groups -OCH3 is 1. The van der Waals surface area contributed by atoms with Crippen LogP contribution in [0.3, 0.4) is 0 Å². The van der Waals surface area contributed by atoms with Gasteiger partial charge in [0.1, 0.15) is 23.5 Å². The molecule has 1 fully saturated rings. The van der Waals surface area contributed by atoms with Crippen LogP contribution in [0.15, 0.2) is 48.9 Å². The molecule has 1 aliphatic heterocycles. The van der Waals surface area contributed by atoms with Crippen molar-refractivity contribution in [1.82, 2.24) is 20.3 Å². The van der Waals surface area contributed by atoms with Crippen molar-refractivity contribution in [2.45, 2.75) is 12.5 Å². The summed E-state index contributed by atoms with van der Waals surface area (Å²) in [5.41, 5.74) is 3.21. The molecule has 0 spiro atoms. The van der Waals surface area contributed by atoms with Crippen molar-refractivity contribution in [3.8, 4) is 22.9 Å². The van der Waals surface area contributed by atoms with E-state index in [1.807, 2.05) is 42.6 Å². The Morgan fingerprint density at radius 2 is 2.00 bits per heavy atom. The van der Waals surface area contributed by atoms with Gasteiger partial charge in [-0.3, -0.25) is 0 Å². The van der Waals surface area contributed by atoms with Gasteiger partial charge in [0.15, 0.2) is 5.69 Å². The highest BCUT2D eigenvalue weighted by Crippen LogP contribution is 2.31. The molecule has 4 rings (SSSR count). The van der Waals surface area contributed by atoms with E-state index in [2.05, 4.69) is 30.9 Å². The first-order valence-corrected chi connectivity index (χ1v) is 10.4. The number of rotatable bonds is 8. The highest BCUT2D eigenvalue weighted by Gasteiger charge is 2.14. The van der Waals surface area contributed by atoms with E-state index < -0.39 is 0 Å². The quantitative estimate of drug-likeness (QED) is 0.495. The van der Waals surface area contributed by atoms with Crippen LogP contribution in [0.25, 0.3) is 11.1 Å². The summed E-state index contributed by atoms with van der Waals surface area (Å²) in [4.78, 5) is 12.8. The van der Waals surface area contributed by atoms with Crippen LogP contribution < -0.4 is 20.7 Å². The summed E-state index contributed by atoms with van der Waals surface area (Å²) < 4.78 is 11.1. The van der Waals surface area contributed by atoms with Crippen LogP contribution >= 0.6 is 0 Å². The van der Waals surface area contributed by atoms with E-state index in [9.17, 15) is 0 Å². The molecule has 3 heterocycles. The highest BCUT2D eigenvalue weighted by molar-refractivity contribution is 5.79. The molecule has 1 atom stereocenters. The number of nitrogens with one attached hydrogen (secondary N) is 3. The smallest absolute Gasteiger partial charge is 0.158 e. The summed E-state index contributed by atoms with van der Waals surface area (Å²) in [7, 11) is 1.65. The first-order valence-electron chi connectivity index (χ1n) is 10.4. The lowest BCUT2D eigenvalue weighted by molar-refractivity contribution is 0.0258. The van der Waals surface area contributed by atoms with Crippen molar-refractivity contribution in [2.75, 3.05) is 44.0 Å². The summed E-state index contributed by atoms with van der Waals surface area (Å²) in [6.07, 6.45) is 5.85. The fourth-order valence-electron chi connectivity index (χ4n) is 3.43. The molecule has 0 radical (unpaired) electrons. The maximum atomic E-state index is 8.89. The number of hydrogen-bond donors (Lipinski definition) is 3. The Balaban J connectivity index is 1.54. The van der Waals surface area contributed by atoms with E-state index in [0.717, 1.165) is 55.2 Å². The molecule has 9 nitrogen and oxygen atoms in total. The third-order valence-electron chi connectivity index (χ3n) is 5.11. The van der Waals surface area contributed by atoms with Crippen LogP contribution in [0.2, 0.25) is 0 Å². The molecule has 0 aliphatic carbocycles. The second-order valence-electron chi connectivity index (χ2n) is 7.28. The molecule has 0 amide bonds. The monoisotopic (exact) mass is 431 g/mol. The number of nitrogens with zero attached hydrogens (tertiary/aromatic N) is 4. The maximum absolute atomic E-state index is 8.89. The topological polar surface area (TPSA) is 117 Å². The average molecular weight is 432 g/mol. The molecule has 1 saturated heterocycles. The van der Waals surface area contributed by atoms with Crippen LogP contribution in [0.4, 0.5) is 17.3 Å². The Morgan fingerprint density at radius 3 is 2.69 bits per heavy atom. The Kier molecular flexibility index (Phi) is 7.07. The number of benzene rings is 1. The van der Waals surface area contributed by atoms with Gasteiger partial charge < -0.3 is 25.4 Å². The zero-order chi connectivity index (χ0) is 22.2. The van der Waals surface area contributed by atoms with Crippen LogP contribution in [0.5, 0.6) is 5.75 Å². The van der Waals surface area contributed by atoms with Crippen LogP contribution in [-0.4, -0.2) is 54.4 Å². The van der Waals surface area contributed by atoms with Crippen molar-refractivity contribution < 1.29 is 9.47 Å². The Hall–Kier alpha value is -3.74. The minimum atomic E-state index is 0.203. The first-order chi connectivity index (χ1) is 15.7. The number of pyridine rings is 1. The third kappa shape index (κ3) is 5.49. The van der Waals surface area contributed by atoms with Gasteiger partial charge in [-0.1, -0.05) is 12.1 Å². The first kappa shape index (κ1) is 21.5. The number of aromatic nitrogens is 3. The van der Waals surface area contributed by atoms with Gasteiger partial charge in [-0.15, -0.1) is 0 Å². The predicted octanol–water partition coefficient (Wildman–Crippen LogP) is 2.95. The molecular formula is C23H25N7O2. The molecule has 0 unspecified atom stereocenters. The van der Waals surface area contributed by atoms with E-state index in [1.54, 1.807) is 7.11 Å². The predicted molar refractivity (Wildman–Crippen MR) is 122 cm³/mol. The van der Waals surface area contributed by atoms with Crippen molar-refractivity contribution in [2.24, 2.45) is 0 Å². The molecule has 3 N–H and O–H groups in total. The van der Waals surface area contributed by atoms with E-state index in [-0.39, 0.29) is 11.8 Å². The van der Waals surface area contributed by atoms with Gasteiger partial charge in [-0.05, 0) is 24.1 Å². The van der Waals surface area contributed by atoms with Crippen LogP contribution in [0, 0.1) is 11.3 Å². The molecule has 0 bridgehead atoms. The van der Waals surface area contributed by atoms with Crippen molar-refractivity contribution >= 4 is 17.3 Å². The zero-order valence-corrected chi connectivity index (χ0v) is 17.8. The molecule has 164 valence electrons. The highest BCUT2D eigenvalue weighted by atomic mass is 16.5. The molecule has 9 heteroatoms. The van der Waals surface area contributed by atoms with Gasteiger partial charge in [0, 0.05) is 43.1 Å². The Morgan fingerprint density at radius 1 is 1.16 bits per heavy atom. The van der Waals surface area contributed by atoms with Crippen molar-refractivity contribution in [3.05, 3.63) is 54.6 Å². The van der Waals surface area contributed by atoms with Gasteiger partial charge in [0.2, 0.25) is 0 Å². The second kappa shape index (κ2) is 10.5. The lowest BCUT2D eigenvalue weighted by Crippen LogP contribution is -2.39. The summed E-state index contributed by atoms with van der Waals surface area (Å²) in [6, 6.07) is 11.8. The minimum Gasteiger partial charge on any atom is -0.497 e. The van der Waals surface area contributed by atoms with Crippen molar-refractivity contribution in [1.29, 1.82) is 5.26 Å². The van der Waals surface area contributed by atoms with E-state index in [1.165, 1.54) is 12.4 Å².